The molecule has 1 unspecified atom stereocenters. The molecule has 1 atom stereocenters. The third-order valence-electron chi connectivity index (χ3n) is 4.01. The predicted molar refractivity (Wildman–Crippen MR) is 108 cm³/mol. The number of nitrogens with two attached hydrogens (primary N) is 1. The van der Waals surface area contributed by atoms with E-state index in [-0.39, 0.29) is 23.3 Å². The molecule has 0 radical (unpaired) electrons. The van der Waals surface area contributed by atoms with Gasteiger partial charge in [-0.2, -0.15) is 0 Å². The van der Waals surface area contributed by atoms with Crippen molar-refractivity contribution in [3.8, 4) is 0 Å². The van der Waals surface area contributed by atoms with Crippen molar-refractivity contribution in [1.82, 2.24) is 4.90 Å². The summed E-state index contributed by atoms with van der Waals surface area (Å²) in [5.74, 6) is -1.84. The van der Waals surface area contributed by atoms with Crippen LogP contribution in [0.2, 0.25) is 0 Å². The average molecular weight is 403 g/mol. The number of hydrogen-bond acceptors (Lipinski definition) is 4. The van der Waals surface area contributed by atoms with Crippen LogP contribution in [0.4, 0.5) is 10.1 Å². The number of nitrogens with one attached hydrogen (secondary N) is 1. The van der Waals surface area contributed by atoms with Crippen LogP contribution >= 0.6 is 11.8 Å². The highest BCUT2D eigenvalue weighted by molar-refractivity contribution is 8.00. The van der Waals surface area contributed by atoms with Crippen molar-refractivity contribution in [3.05, 3.63) is 65.5 Å². The molecule has 0 saturated heterocycles. The smallest absolute Gasteiger partial charge is 0.244 e. The van der Waals surface area contributed by atoms with Gasteiger partial charge in [-0.1, -0.05) is 29.8 Å². The number of halogens is 1. The van der Waals surface area contributed by atoms with Crippen molar-refractivity contribution in [2.24, 2.45) is 5.73 Å². The molecule has 6 nitrogen and oxygen atoms in total. The molecule has 2 aromatic carbocycles. The van der Waals surface area contributed by atoms with E-state index in [1.807, 2.05) is 19.1 Å². The van der Waals surface area contributed by atoms with E-state index in [1.165, 1.54) is 36.2 Å². The van der Waals surface area contributed by atoms with Crippen LogP contribution in [0, 0.1) is 12.7 Å². The molecule has 0 aromatic heterocycles. The second-order valence-electron chi connectivity index (χ2n) is 6.27. The number of anilines is 1. The Morgan fingerprint density at radius 3 is 2.43 bits per heavy atom. The number of carbonyl (C=O) groups excluding carboxylic acids is 3. The Morgan fingerprint density at radius 1 is 1.14 bits per heavy atom. The molecule has 0 aliphatic rings. The maximum absolute atomic E-state index is 13.4. The molecular formula is C20H22FN3O3S. The zero-order chi connectivity index (χ0) is 20.7. The number of primary amides is 1. The summed E-state index contributed by atoms with van der Waals surface area (Å²) in [6.45, 7) is 1.95. The summed E-state index contributed by atoms with van der Waals surface area (Å²) in [6, 6.07) is 11.7. The van der Waals surface area contributed by atoms with Gasteiger partial charge in [0.25, 0.3) is 0 Å². The fourth-order valence-corrected chi connectivity index (χ4v) is 3.30. The van der Waals surface area contributed by atoms with Gasteiger partial charge in [-0.05, 0) is 36.8 Å². The van der Waals surface area contributed by atoms with E-state index in [4.69, 9.17) is 5.73 Å². The molecule has 8 heteroatoms. The zero-order valence-electron chi connectivity index (χ0n) is 15.6. The van der Waals surface area contributed by atoms with Crippen LogP contribution in [0.1, 0.15) is 17.2 Å². The Bertz CT molecular complexity index is 858. The summed E-state index contributed by atoms with van der Waals surface area (Å²) in [6.07, 6.45) is 0. The maximum atomic E-state index is 13.4. The fourth-order valence-electron chi connectivity index (χ4n) is 2.57. The van der Waals surface area contributed by atoms with Gasteiger partial charge in [-0.15, -0.1) is 11.8 Å². The molecule has 0 bridgehead atoms. The first-order chi connectivity index (χ1) is 13.3. The van der Waals surface area contributed by atoms with Gasteiger partial charge in [-0.3, -0.25) is 14.4 Å². The highest BCUT2D eigenvalue weighted by atomic mass is 32.2. The van der Waals surface area contributed by atoms with E-state index < -0.39 is 17.8 Å². The van der Waals surface area contributed by atoms with Gasteiger partial charge in [0.15, 0.2) is 0 Å². The van der Waals surface area contributed by atoms with Crippen molar-refractivity contribution in [3.63, 3.8) is 0 Å². The molecular weight excluding hydrogens is 381 g/mol. The van der Waals surface area contributed by atoms with Gasteiger partial charge in [-0.25, -0.2) is 4.39 Å². The van der Waals surface area contributed by atoms with Crippen LogP contribution in [0.5, 0.6) is 0 Å². The van der Waals surface area contributed by atoms with E-state index in [9.17, 15) is 18.8 Å². The molecule has 0 aliphatic heterocycles. The average Bonchev–Trinajstić information content (AvgIpc) is 2.63. The number of benzene rings is 2. The standard InChI is InChI=1S/C20H22FN3O3S/c1-13-6-8-16(9-7-13)23-17(25)11-28-12-18(26)24(2)19(20(22)27)14-4-3-5-15(21)10-14/h3-10,19H,11-12H2,1-2H3,(H2,22,27)(H,23,25). The summed E-state index contributed by atoms with van der Waals surface area (Å²) in [4.78, 5) is 37.3. The number of thioether (sulfide) groups is 1. The number of carbonyl (C=O) groups is 3. The van der Waals surface area contributed by atoms with E-state index >= 15 is 0 Å². The maximum Gasteiger partial charge on any atom is 0.244 e. The first-order valence-corrected chi connectivity index (χ1v) is 9.68. The molecule has 28 heavy (non-hydrogen) atoms. The summed E-state index contributed by atoms with van der Waals surface area (Å²) < 4.78 is 13.4. The predicted octanol–water partition coefficient (Wildman–Crippen LogP) is 2.49. The topological polar surface area (TPSA) is 92.5 Å². The third kappa shape index (κ3) is 6.09. The lowest BCUT2D eigenvalue weighted by molar-refractivity contribution is -0.136. The Labute approximate surface area is 167 Å². The third-order valence-corrected chi connectivity index (χ3v) is 4.93. The second kappa shape index (κ2) is 9.89. The minimum atomic E-state index is -1.08. The minimum absolute atomic E-state index is 0.0170. The first-order valence-electron chi connectivity index (χ1n) is 8.52. The quantitative estimate of drug-likeness (QED) is 0.708. The molecule has 2 rings (SSSR count). The van der Waals surface area contributed by atoms with E-state index in [1.54, 1.807) is 12.1 Å². The van der Waals surface area contributed by atoms with Crippen LogP contribution in [0.15, 0.2) is 48.5 Å². The van der Waals surface area contributed by atoms with Crippen LogP contribution in [-0.2, 0) is 14.4 Å². The number of rotatable bonds is 8. The molecule has 0 aliphatic carbocycles. The number of hydrogen-bond donors (Lipinski definition) is 2. The van der Waals surface area contributed by atoms with Crippen molar-refractivity contribution < 1.29 is 18.8 Å². The zero-order valence-corrected chi connectivity index (χ0v) is 16.5. The largest absolute Gasteiger partial charge is 0.368 e. The van der Waals surface area contributed by atoms with Crippen molar-refractivity contribution in [2.45, 2.75) is 13.0 Å². The first kappa shape index (κ1) is 21.4. The highest BCUT2D eigenvalue weighted by Crippen LogP contribution is 2.21. The summed E-state index contributed by atoms with van der Waals surface area (Å²) in [5, 5.41) is 2.74. The highest BCUT2D eigenvalue weighted by Gasteiger charge is 2.27. The summed E-state index contributed by atoms with van der Waals surface area (Å²) in [7, 11) is 1.43. The van der Waals surface area contributed by atoms with Gasteiger partial charge >= 0.3 is 0 Å². The van der Waals surface area contributed by atoms with Crippen LogP contribution in [0.25, 0.3) is 0 Å². The summed E-state index contributed by atoms with van der Waals surface area (Å²) >= 11 is 1.12. The molecule has 0 heterocycles. The second-order valence-corrected chi connectivity index (χ2v) is 7.26. The number of amides is 3. The van der Waals surface area contributed by atoms with Gasteiger partial charge in [0, 0.05) is 12.7 Å². The fraction of sp³-hybridized carbons (Fsp3) is 0.250. The minimum Gasteiger partial charge on any atom is -0.368 e. The number of aryl methyl sites for hydroxylation is 1. The number of nitrogens with zero attached hydrogens (tertiary/aromatic N) is 1. The monoisotopic (exact) mass is 403 g/mol. The molecule has 3 N–H and O–H groups in total. The lowest BCUT2D eigenvalue weighted by Crippen LogP contribution is -2.40. The SMILES string of the molecule is Cc1ccc(NC(=O)CSCC(=O)N(C)C(C(N)=O)c2cccc(F)c2)cc1. The van der Waals surface area contributed by atoms with E-state index in [0.29, 0.717) is 11.3 Å². The van der Waals surface area contributed by atoms with Gasteiger partial charge in [0.1, 0.15) is 11.9 Å². The van der Waals surface area contributed by atoms with E-state index in [0.717, 1.165) is 17.3 Å². The van der Waals surface area contributed by atoms with Crippen molar-refractivity contribution in [1.29, 1.82) is 0 Å². The molecule has 3 amide bonds. The Morgan fingerprint density at radius 2 is 1.82 bits per heavy atom. The normalized spacial score (nSPS) is 11.5. The molecule has 0 fully saturated rings. The van der Waals surface area contributed by atoms with Crippen molar-refractivity contribution in [2.75, 3.05) is 23.9 Å². The van der Waals surface area contributed by atoms with Gasteiger partial charge in [0.05, 0.1) is 11.5 Å². The summed E-state index contributed by atoms with van der Waals surface area (Å²) in [5.41, 5.74) is 7.47. The van der Waals surface area contributed by atoms with Gasteiger partial charge in [0.2, 0.25) is 17.7 Å². The number of likely N-dealkylation sites (N-methyl/N-ethyl adjacent to an activating group) is 1. The molecule has 148 valence electrons. The molecule has 2 aromatic rings. The lowest BCUT2D eigenvalue weighted by atomic mass is 10.0. The lowest BCUT2D eigenvalue weighted by Gasteiger charge is -2.26. The van der Waals surface area contributed by atoms with Crippen molar-refractivity contribution >= 4 is 35.2 Å². The van der Waals surface area contributed by atoms with E-state index in [2.05, 4.69) is 5.32 Å². The van der Waals surface area contributed by atoms with Gasteiger partial charge < -0.3 is 16.0 Å². The van der Waals surface area contributed by atoms with Crippen LogP contribution in [-0.4, -0.2) is 41.2 Å². The Kier molecular flexibility index (Phi) is 7.57. The molecule has 0 saturated carbocycles. The molecule has 0 spiro atoms. The Balaban J connectivity index is 1.89. The van der Waals surface area contributed by atoms with Crippen LogP contribution in [0.3, 0.4) is 0 Å². The Hall–Kier alpha value is -2.87. The van der Waals surface area contributed by atoms with Crippen LogP contribution < -0.4 is 11.1 Å².